The van der Waals surface area contributed by atoms with Gasteiger partial charge in [0.15, 0.2) is 0 Å². The Morgan fingerprint density at radius 1 is 0.680 bits per heavy atom. The van der Waals surface area contributed by atoms with Crippen LogP contribution in [0.2, 0.25) is 0 Å². The van der Waals surface area contributed by atoms with E-state index in [4.69, 9.17) is 0 Å². The van der Waals surface area contributed by atoms with Gasteiger partial charge in [0.1, 0.15) is 0 Å². The molecule has 0 heterocycles. The van der Waals surface area contributed by atoms with Gasteiger partial charge >= 0.3 is 0 Å². The normalized spacial score (nSPS) is 42.4. The van der Waals surface area contributed by atoms with Gasteiger partial charge in [-0.1, -0.05) is 44.8 Å². The van der Waals surface area contributed by atoms with E-state index in [1.807, 2.05) is 0 Å². The third kappa shape index (κ3) is 7.05. The predicted molar refractivity (Wildman–Crippen MR) is 101 cm³/mol. The van der Waals surface area contributed by atoms with Crippen molar-refractivity contribution in [2.75, 3.05) is 0 Å². The molecule has 3 aliphatic rings. The fraction of sp³-hybridized carbons (Fsp3) is 0.870. The Balaban J connectivity index is 0.00000156. The van der Waals surface area contributed by atoms with Crippen molar-refractivity contribution in [3.63, 3.8) is 0 Å². The molecule has 138 valence electrons. The quantitative estimate of drug-likeness (QED) is 0.292. The molecule has 2 heteroatoms. The minimum atomic E-state index is 0. The zero-order valence-electron chi connectivity index (χ0n) is 17.0. The molecule has 0 aromatic heterocycles. The van der Waals surface area contributed by atoms with E-state index in [9.17, 15) is 0 Å². The molecule has 3 aliphatic carbocycles. The van der Waals surface area contributed by atoms with Gasteiger partial charge in [0.2, 0.25) is 0 Å². The van der Waals surface area contributed by atoms with Gasteiger partial charge in [0.25, 0.3) is 0 Å². The van der Waals surface area contributed by atoms with Crippen LogP contribution in [0, 0.1) is 47.8 Å². The maximum Gasteiger partial charge on any atom is 0 e. The van der Waals surface area contributed by atoms with Crippen LogP contribution >= 0.6 is 0 Å². The summed E-state index contributed by atoms with van der Waals surface area (Å²) in [5.74, 6) is 6.82. The minimum Gasteiger partial charge on any atom is -0.323 e. The molecule has 0 saturated heterocycles. The van der Waals surface area contributed by atoms with Crippen LogP contribution in [0.25, 0.3) is 0 Å². The Kier molecular flexibility index (Phi) is 12.5. The molecular weight excluding hydrogens is 454 g/mol. The Labute approximate surface area is 208 Å². The van der Waals surface area contributed by atoms with Crippen LogP contribution in [-0.4, -0.2) is 0 Å². The standard InChI is InChI=1S/C23H39.2Y/c1-4-5-19-7-9-20(10-8-19)21-11-13-22(14-12-21)23-15-6-17(2)16-18(23)3;;/h4-5,16-23H,6-15H2,1-3H3;;/q-1;;/b5-4+;;. The molecule has 0 aliphatic heterocycles. The predicted octanol–water partition coefficient (Wildman–Crippen LogP) is 7.06. The molecular formula is C23H39Y2-. The van der Waals surface area contributed by atoms with Crippen molar-refractivity contribution in [1.29, 1.82) is 0 Å². The van der Waals surface area contributed by atoms with E-state index < -0.39 is 0 Å². The zero-order valence-corrected chi connectivity index (χ0v) is 22.7. The van der Waals surface area contributed by atoms with Crippen molar-refractivity contribution in [1.82, 2.24) is 0 Å². The molecule has 3 saturated carbocycles. The van der Waals surface area contributed by atoms with E-state index in [1.165, 1.54) is 51.4 Å². The Morgan fingerprint density at radius 3 is 1.72 bits per heavy atom. The van der Waals surface area contributed by atoms with Crippen LogP contribution in [0.1, 0.15) is 85.0 Å². The van der Waals surface area contributed by atoms with Gasteiger partial charge in [-0.15, -0.1) is 0 Å². The Bertz CT molecular complexity index is 376. The number of hydrogen-bond donors (Lipinski definition) is 0. The average Bonchev–Trinajstić information content (AvgIpc) is 2.56. The van der Waals surface area contributed by atoms with E-state index in [2.05, 4.69) is 39.3 Å². The average molecular weight is 493 g/mol. The molecule has 3 rings (SSSR count). The van der Waals surface area contributed by atoms with Gasteiger partial charge in [0.05, 0.1) is 0 Å². The maximum absolute atomic E-state index is 2.66. The molecule has 0 spiro atoms. The van der Waals surface area contributed by atoms with Crippen LogP contribution < -0.4 is 0 Å². The SMILES string of the molecule is C/C=C/C1CCC(C2CCC(C3CCC(C)[CH-]C3C)CC2)CC1.[Y].[Y]. The van der Waals surface area contributed by atoms with Gasteiger partial charge in [-0.2, -0.15) is 11.8 Å². The summed E-state index contributed by atoms with van der Waals surface area (Å²) in [7, 11) is 0. The van der Waals surface area contributed by atoms with Gasteiger partial charge in [0, 0.05) is 65.4 Å². The van der Waals surface area contributed by atoms with Crippen molar-refractivity contribution in [3.05, 3.63) is 18.6 Å². The molecule has 0 bridgehead atoms. The van der Waals surface area contributed by atoms with Gasteiger partial charge in [-0.3, -0.25) is 0 Å². The van der Waals surface area contributed by atoms with E-state index in [0.29, 0.717) is 0 Å². The first-order valence-corrected chi connectivity index (χ1v) is 10.6. The largest absolute Gasteiger partial charge is 0.323 e. The first-order valence-electron chi connectivity index (χ1n) is 10.6. The van der Waals surface area contributed by atoms with Crippen molar-refractivity contribution in [2.45, 2.75) is 85.0 Å². The summed E-state index contributed by atoms with van der Waals surface area (Å²) in [5, 5.41) is 0. The summed E-state index contributed by atoms with van der Waals surface area (Å²) in [5.41, 5.74) is 0. The number of allylic oxidation sites excluding steroid dienone is 2. The van der Waals surface area contributed by atoms with Gasteiger partial charge in [-0.05, 0) is 82.0 Å². The molecule has 2 radical (unpaired) electrons. The molecule has 0 aromatic carbocycles. The fourth-order valence-corrected chi connectivity index (χ4v) is 6.27. The molecule has 3 unspecified atom stereocenters. The molecule has 0 aromatic rings. The summed E-state index contributed by atoms with van der Waals surface area (Å²) in [6.45, 7) is 7.08. The van der Waals surface area contributed by atoms with Gasteiger partial charge in [-0.25, -0.2) is 0 Å². The summed E-state index contributed by atoms with van der Waals surface area (Å²) in [4.78, 5) is 0. The fourth-order valence-electron chi connectivity index (χ4n) is 6.27. The van der Waals surface area contributed by atoms with E-state index in [-0.39, 0.29) is 65.4 Å². The number of hydrogen-bond acceptors (Lipinski definition) is 0. The first-order chi connectivity index (χ1) is 11.2. The van der Waals surface area contributed by atoms with Crippen molar-refractivity contribution in [3.8, 4) is 0 Å². The van der Waals surface area contributed by atoms with Crippen molar-refractivity contribution >= 4 is 0 Å². The topological polar surface area (TPSA) is 0 Å². The molecule has 3 fully saturated rings. The molecule has 0 nitrogen and oxygen atoms in total. The first kappa shape index (κ1) is 25.0. The van der Waals surface area contributed by atoms with Crippen LogP contribution in [-0.2, 0) is 65.4 Å². The van der Waals surface area contributed by atoms with E-state index in [0.717, 1.165) is 41.4 Å². The van der Waals surface area contributed by atoms with Crippen LogP contribution in [0.5, 0.6) is 0 Å². The molecule has 3 atom stereocenters. The second-order valence-electron chi connectivity index (χ2n) is 9.15. The number of rotatable bonds is 3. The van der Waals surface area contributed by atoms with Crippen molar-refractivity contribution < 1.29 is 65.4 Å². The zero-order chi connectivity index (χ0) is 16.2. The van der Waals surface area contributed by atoms with Crippen LogP contribution in [0.3, 0.4) is 0 Å². The van der Waals surface area contributed by atoms with E-state index in [1.54, 1.807) is 12.8 Å². The van der Waals surface area contributed by atoms with Crippen LogP contribution in [0.15, 0.2) is 12.2 Å². The maximum atomic E-state index is 2.66. The second kappa shape index (κ2) is 12.5. The third-order valence-corrected chi connectivity index (χ3v) is 7.63. The van der Waals surface area contributed by atoms with Crippen LogP contribution in [0.4, 0.5) is 0 Å². The molecule has 0 amide bonds. The summed E-state index contributed by atoms with van der Waals surface area (Å²) >= 11 is 0. The second-order valence-corrected chi connectivity index (χ2v) is 9.15. The Morgan fingerprint density at radius 2 is 1.20 bits per heavy atom. The smallest absolute Gasteiger partial charge is 0 e. The summed E-state index contributed by atoms with van der Waals surface area (Å²) in [6, 6.07) is 0. The third-order valence-electron chi connectivity index (χ3n) is 7.63. The van der Waals surface area contributed by atoms with Gasteiger partial charge < -0.3 is 6.42 Å². The van der Waals surface area contributed by atoms with E-state index >= 15 is 0 Å². The summed E-state index contributed by atoms with van der Waals surface area (Å²) < 4.78 is 0. The summed E-state index contributed by atoms with van der Waals surface area (Å²) in [6.07, 6.45) is 22.4. The minimum absolute atomic E-state index is 0. The van der Waals surface area contributed by atoms with Crippen molar-refractivity contribution in [2.24, 2.45) is 41.4 Å². The molecule has 0 N–H and O–H groups in total. The Hall–Kier alpha value is 1.95. The monoisotopic (exact) mass is 493 g/mol. The molecule has 25 heavy (non-hydrogen) atoms.